The van der Waals surface area contributed by atoms with Crippen LogP contribution in [0.4, 0.5) is 0 Å². The van der Waals surface area contributed by atoms with E-state index in [1.165, 1.54) is 0 Å². The Kier molecular flexibility index (Phi) is 8.43. The van der Waals surface area contributed by atoms with Gasteiger partial charge in [0.1, 0.15) is 18.3 Å². The van der Waals surface area contributed by atoms with Crippen molar-refractivity contribution in [3.8, 4) is 0 Å². The number of fused-ring (bicyclic) bond motifs is 1. The van der Waals surface area contributed by atoms with Gasteiger partial charge in [-0.1, -0.05) is 86.6 Å². The summed E-state index contributed by atoms with van der Waals surface area (Å²) in [6.45, 7) is 2.99. The molecule has 3 aromatic carbocycles. The Morgan fingerprint density at radius 3 is 2.39 bits per heavy atom. The van der Waals surface area contributed by atoms with Gasteiger partial charge >= 0.3 is 0 Å². The predicted octanol–water partition coefficient (Wildman–Crippen LogP) is 5.20. The number of benzene rings is 3. The molecule has 1 aliphatic heterocycles. The van der Waals surface area contributed by atoms with E-state index in [-0.39, 0.29) is 12.3 Å². The molecule has 1 N–H and O–H groups in total. The van der Waals surface area contributed by atoms with Crippen molar-refractivity contribution >= 4 is 10.8 Å². The summed E-state index contributed by atoms with van der Waals surface area (Å²) in [5.74, 6) is -0.965. The van der Waals surface area contributed by atoms with Gasteiger partial charge in [-0.05, 0) is 34.7 Å². The van der Waals surface area contributed by atoms with Crippen LogP contribution in [-0.4, -0.2) is 45.8 Å². The minimum atomic E-state index is -1.80. The van der Waals surface area contributed by atoms with Crippen LogP contribution in [0.25, 0.3) is 10.8 Å². The van der Waals surface area contributed by atoms with Crippen LogP contribution in [-0.2, 0) is 14.4 Å². The predicted molar refractivity (Wildman–Crippen MR) is 139 cm³/mol. The zero-order chi connectivity index (χ0) is 27.3. The minimum absolute atomic E-state index is 0.237. The number of aliphatic hydroxyl groups is 1. The second kappa shape index (κ2) is 11.7. The van der Waals surface area contributed by atoms with Gasteiger partial charge in [-0.3, -0.25) is 0 Å². The molecule has 202 valence electrons. The van der Waals surface area contributed by atoms with Crippen molar-refractivity contribution in [2.24, 2.45) is 0 Å². The SMILES string of the molecule is CCC(CC1CC(c2cccc3ccccc23)C(C(O)(CO[N+](=O)[O-])C(C)c2ccccc2)O1)O[N+](=O)[O-]. The summed E-state index contributed by atoms with van der Waals surface area (Å²) in [5.41, 5.74) is -0.0939. The lowest BCUT2D eigenvalue weighted by Crippen LogP contribution is -2.53. The van der Waals surface area contributed by atoms with Gasteiger partial charge in [0.2, 0.25) is 0 Å². The Labute approximate surface area is 220 Å². The van der Waals surface area contributed by atoms with Gasteiger partial charge in [0, 0.05) is 18.3 Å². The van der Waals surface area contributed by atoms with Crippen LogP contribution in [0.2, 0.25) is 0 Å². The fraction of sp³-hybridized carbons (Fsp3) is 0.429. The molecule has 1 saturated heterocycles. The fourth-order valence-corrected chi connectivity index (χ4v) is 5.59. The van der Waals surface area contributed by atoms with E-state index >= 15 is 0 Å². The molecule has 3 aromatic rings. The molecule has 1 fully saturated rings. The first-order valence-corrected chi connectivity index (χ1v) is 12.7. The molecule has 0 saturated carbocycles. The smallest absolute Gasteiger partial charge is 0.294 e. The molecule has 1 heterocycles. The maximum atomic E-state index is 12.2. The van der Waals surface area contributed by atoms with E-state index in [0.29, 0.717) is 12.8 Å². The molecule has 6 unspecified atom stereocenters. The Bertz CT molecular complexity index is 1250. The molecule has 4 rings (SSSR count). The summed E-state index contributed by atoms with van der Waals surface area (Å²) >= 11 is 0. The maximum absolute atomic E-state index is 12.2. The normalized spacial score (nSPS) is 22.3. The van der Waals surface area contributed by atoms with Gasteiger partial charge in [-0.2, -0.15) is 0 Å². The Morgan fingerprint density at radius 1 is 1.03 bits per heavy atom. The van der Waals surface area contributed by atoms with Crippen molar-refractivity contribution in [1.29, 1.82) is 0 Å². The summed E-state index contributed by atoms with van der Waals surface area (Å²) in [6.07, 6.45) is -0.990. The Morgan fingerprint density at radius 2 is 1.71 bits per heavy atom. The van der Waals surface area contributed by atoms with Gasteiger partial charge in [-0.25, -0.2) is 0 Å². The fourth-order valence-electron chi connectivity index (χ4n) is 5.59. The third-order valence-corrected chi connectivity index (χ3v) is 7.60. The number of nitrogens with zero attached hydrogens (tertiary/aromatic N) is 2. The van der Waals surface area contributed by atoms with Crippen molar-refractivity contribution in [3.63, 3.8) is 0 Å². The van der Waals surface area contributed by atoms with Crippen molar-refractivity contribution in [1.82, 2.24) is 0 Å². The van der Waals surface area contributed by atoms with Crippen LogP contribution in [0.3, 0.4) is 0 Å². The van der Waals surface area contributed by atoms with Gasteiger partial charge in [0.25, 0.3) is 10.2 Å². The average Bonchev–Trinajstić information content (AvgIpc) is 3.35. The molecule has 0 spiro atoms. The lowest BCUT2D eigenvalue weighted by atomic mass is 9.73. The first-order valence-electron chi connectivity index (χ1n) is 12.7. The highest BCUT2D eigenvalue weighted by Crippen LogP contribution is 2.48. The second-order valence-corrected chi connectivity index (χ2v) is 9.80. The maximum Gasteiger partial charge on any atom is 0.294 e. The van der Waals surface area contributed by atoms with Crippen LogP contribution < -0.4 is 0 Å². The molecule has 10 heteroatoms. The van der Waals surface area contributed by atoms with Crippen LogP contribution in [0, 0.1) is 20.2 Å². The Hall–Kier alpha value is -3.76. The first kappa shape index (κ1) is 27.3. The first-order chi connectivity index (χ1) is 18.2. The van der Waals surface area contributed by atoms with E-state index in [9.17, 15) is 25.3 Å². The highest BCUT2D eigenvalue weighted by atomic mass is 17.0. The lowest BCUT2D eigenvalue weighted by molar-refractivity contribution is -0.769. The van der Waals surface area contributed by atoms with Gasteiger partial charge in [0.15, 0.2) is 0 Å². The zero-order valence-corrected chi connectivity index (χ0v) is 21.3. The van der Waals surface area contributed by atoms with E-state index in [2.05, 4.69) is 0 Å². The average molecular weight is 525 g/mol. The standard InChI is InChI=1S/C28H32N2O8/c1-3-22(38-30(34)35)16-23-17-26(25-15-9-13-21-12-7-8-14-24(21)25)27(37-23)28(31,18-36-29(32)33)19(2)20-10-5-4-6-11-20/h4-15,19,22-23,26-27,31H,3,16-18H2,1-2H3. The van der Waals surface area contributed by atoms with Gasteiger partial charge in [-0.15, -0.1) is 20.2 Å². The summed E-state index contributed by atoms with van der Waals surface area (Å²) in [6, 6.07) is 23.0. The third kappa shape index (κ3) is 5.87. The molecule has 0 aliphatic carbocycles. The molecule has 6 atom stereocenters. The number of hydrogen-bond acceptors (Lipinski definition) is 8. The van der Waals surface area contributed by atoms with E-state index in [4.69, 9.17) is 14.4 Å². The molecule has 0 bridgehead atoms. The molecule has 1 aliphatic rings. The molecule has 38 heavy (non-hydrogen) atoms. The van der Waals surface area contributed by atoms with Crippen LogP contribution >= 0.6 is 0 Å². The zero-order valence-electron chi connectivity index (χ0n) is 21.3. The number of rotatable bonds is 12. The third-order valence-electron chi connectivity index (χ3n) is 7.60. The van der Waals surface area contributed by atoms with Crippen LogP contribution in [0.1, 0.15) is 56.1 Å². The topological polar surface area (TPSA) is 134 Å². The van der Waals surface area contributed by atoms with Crippen molar-refractivity contribution < 1.29 is 29.7 Å². The van der Waals surface area contributed by atoms with Crippen molar-refractivity contribution in [2.45, 2.75) is 68.9 Å². The molecular weight excluding hydrogens is 492 g/mol. The lowest BCUT2D eigenvalue weighted by Gasteiger charge is -2.41. The van der Waals surface area contributed by atoms with Crippen LogP contribution in [0.5, 0.6) is 0 Å². The molecule has 0 radical (unpaired) electrons. The molecule has 0 aromatic heterocycles. The van der Waals surface area contributed by atoms with Crippen molar-refractivity contribution in [2.75, 3.05) is 6.61 Å². The molecule has 0 amide bonds. The van der Waals surface area contributed by atoms with Gasteiger partial charge < -0.3 is 19.5 Å². The van der Waals surface area contributed by atoms with E-state index in [1.54, 1.807) is 13.8 Å². The summed E-state index contributed by atoms with van der Waals surface area (Å²) in [5, 5.41) is 34.8. The minimum Gasteiger partial charge on any atom is -0.384 e. The summed E-state index contributed by atoms with van der Waals surface area (Å²) in [7, 11) is 0. The summed E-state index contributed by atoms with van der Waals surface area (Å²) in [4.78, 5) is 31.9. The largest absolute Gasteiger partial charge is 0.384 e. The van der Waals surface area contributed by atoms with Crippen molar-refractivity contribution in [3.05, 3.63) is 104 Å². The quantitative estimate of drug-likeness (QED) is 0.252. The Balaban J connectivity index is 1.78. The van der Waals surface area contributed by atoms with E-state index < -0.39 is 46.6 Å². The van der Waals surface area contributed by atoms with Gasteiger partial charge in [0.05, 0.1) is 12.2 Å². The molecular formula is C28H32N2O8. The number of hydrogen-bond donors (Lipinski definition) is 1. The molecule has 10 nitrogen and oxygen atoms in total. The summed E-state index contributed by atoms with van der Waals surface area (Å²) < 4.78 is 6.48. The number of ether oxygens (including phenoxy) is 1. The monoisotopic (exact) mass is 524 g/mol. The second-order valence-electron chi connectivity index (χ2n) is 9.80. The van der Waals surface area contributed by atoms with E-state index in [1.807, 2.05) is 72.8 Å². The highest BCUT2D eigenvalue weighted by molar-refractivity contribution is 5.86. The van der Waals surface area contributed by atoms with Crippen LogP contribution in [0.15, 0.2) is 72.8 Å². The van der Waals surface area contributed by atoms with E-state index in [0.717, 1.165) is 21.9 Å². The highest BCUT2D eigenvalue weighted by Gasteiger charge is 2.53.